The molecule has 2 rings (SSSR count). The molecule has 1 fully saturated rings. The third kappa shape index (κ3) is 4.20. The second-order valence-electron chi connectivity index (χ2n) is 5.47. The zero-order chi connectivity index (χ0) is 15.4. The predicted molar refractivity (Wildman–Crippen MR) is 73.0 cm³/mol. The summed E-state index contributed by atoms with van der Waals surface area (Å²) in [6, 6.07) is 0.693. The van der Waals surface area contributed by atoms with Crippen molar-refractivity contribution in [3.05, 3.63) is 35.1 Å². The molecule has 116 valence electrons. The van der Waals surface area contributed by atoms with Gasteiger partial charge in [-0.3, -0.25) is 4.79 Å². The molecule has 1 atom stereocenters. The van der Waals surface area contributed by atoms with Crippen LogP contribution in [0.1, 0.15) is 31.2 Å². The largest absolute Gasteiger partial charge is 0.343 e. The van der Waals surface area contributed by atoms with Gasteiger partial charge in [-0.15, -0.1) is 0 Å². The number of benzene rings is 1. The van der Waals surface area contributed by atoms with Gasteiger partial charge in [0.1, 0.15) is 5.82 Å². The molecule has 1 amide bonds. The molecule has 21 heavy (non-hydrogen) atoms. The summed E-state index contributed by atoms with van der Waals surface area (Å²) >= 11 is 0. The van der Waals surface area contributed by atoms with Crippen molar-refractivity contribution >= 4 is 5.91 Å². The number of halogens is 3. The van der Waals surface area contributed by atoms with Crippen molar-refractivity contribution in [3.63, 3.8) is 0 Å². The van der Waals surface area contributed by atoms with Crippen molar-refractivity contribution in [1.29, 1.82) is 0 Å². The third-order valence-electron chi connectivity index (χ3n) is 3.72. The molecule has 2 N–H and O–H groups in total. The van der Waals surface area contributed by atoms with Crippen LogP contribution in [0, 0.1) is 17.5 Å². The van der Waals surface area contributed by atoms with Gasteiger partial charge in [-0.05, 0) is 37.3 Å². The Hall–Kier alpha value is -1.56. The van der Waals surface area contributed by atoms with E-state index in [9.17, 15) is 18.0 Å². The molecule has 0 unspecified atom stereocenters. The first-order valence-electron chi connectivity index (χ1n) is 7.14. The average Bonchev–Trinajstić information content (AvgIpc) is 2.45. The van der Waals surface area contributed by atoms with Gasteiger partial charge >= 0.3 is 0 Å². The number of likely N-dealkylation sites (tertiary alicyclic amines) is 1. The summed E-state index contributed by atoms with van der Waals surface area (Å²) in [6.45, 7) is 1.45. The lowest BCUT2D eigenvalue weighted by molar-refractivity contribution is -0.132. The summed E-state index contributed by atoms with van der Waals surface area (Å²) < 4.78 is 39.5. The minimum atomic E-state index is -1.23. The van der Waals surface area contributed by atoms with E-state index in [4.69, 9.17) is 5.73 Å². The van der Waals surface area contributed by atoms with Gasteiger partial charge in [0.25, 0.3) is 0 Å². The van der Waals surface area contributed by atoms with Crippen LogP contribution in [0.25, 0.3) is 0 Å². The molecular weight excluding hydrogens is 281 g/mol. The minimum Gasteiger partial charge on any atom is -0.343 e. The third-order valence-corrected chi connectivity index (χ3v) is 3.72. The summed E-state index contributed by atoms with van der Waals surface area (Å²) in [4.78, 5) is 13.8. The van der Waals surface area contributed by atoms with Crippen LogP contribution >= 0.6 is 0 Å². The summed E-state index contributed by atoms with van der Waals surface area (Å²) in [5.74, 6) is -3.24. The second kappa shape index (κ2) is 6.93. The topological polar surface area (TPSA) is 46.3 Å². The van der Waals surface area contributed by atoms with Crippen LogP contribution in [0.2, 0.25) is 0 Å². The molecule has 1 heterocycles. The summed E-state index contributed by atoms with van der Waals surface area (Å²) in [6.07, 6.45) is 3.18. The average molecular weight is 300 g/mol. The molecule has 1 aliphatic heterocycles. The Morgan fingerprint density at radius 2 is 1.71 bits per heavy atom. The molecule has 0 aromatic heterocycles. The number of hydrogen-bond donors (Lipinski definition) is 1. The highest BCUT2D eigenvalue weighted by atomic mass is 19.2. The van der Waals surface area contributed by atoms with E-state index in [0.29, 0.717) is 6.07 Å². The Morgan fingerprint density at radius 3 is 2.38 bits per heavy atom. The molecule has 1 saturated heterocycles. The first-order chi connectivity index (χ1) is 9.97. The highest BCUT2D eigenvalue weighted by Crippen LogP contribution is 2.17. The van der Waals surface area contributed by atoms with Gasteiger partial charge < -0.3 is 10.6 Å². The SMILES string of the molecule is N[C@H](CC(=O)N1CCCCC1)Cc1cc(F)c(F)cc1F. The maximum absolute atomic E-state index is 13.5. The van der Waals surface area contributed by atoms with Crippen molar-refractivity contribution < 1.29 is 18.0 Å². The number of nitrogens with two attached hydrogens (primary N) is 1. The summed E-state index contributed by atoms with van der Waals surface area (Å²) in [5, 5.41) is 0. The van der Waals surface area contributed by atoms with Gasteiger partial charge in [0.05, 0.1) is 0 Å². The number of amides is 1. The zero-order valence-corrected chi connectivity index (χ0v) is 11.7. The zero-order valence-electron chi connectivity index (χ0n) is 11.7. The minimum absolute atomic E-state index is 0.00259. The van der Waals surface area contributed by atoms with Crippen LogP contribution in [0.15, 0.2) is 12.1 Å². The molecule has 0 aliphatic carbocycles. The molecule has 1 aromatic rings. The van der Waals surface area contributed by atoms with Gasteiger partial charge in [-0.1, -0.05) is 0 Å². The van der Waals surface area contributed by atoms with Gasteiger partial charge in [-0.2, -0.15) is 0 Å². The lowest BCUT2D eigenvalue weighted by Gasteiger charge is -2.27. The Balaban J connectivity index is 1.93. The van der Waals surface area contributed by atoms with Gasteiger partial charge in [0.2, 0.25) is 5.91 Å². The monoisotopic (exact) mass is 300 g/mol. The van der Waals surface area contributed by atoms with Crippen LogP contribution in [0.5, 0.6) is 0 Å². The molecule has 1 aromatic carbocycles. The predicted octanol–water partition coefficient (Wildman–Crippen LogP) is 2.38. The van der Waals surface area contributed by atoms with E-state index in [1.54, 1.807) is 4.90 Å². The summed E-state index contributed by atoms with van der Waals surface area (Å²) in [5.41, 5.74) is 5.83. The van der Waals surface area contributed by atoms with E-state index in [1.807, 2.05) is 0 Å². The van der Waals surface area contributed by atoms with E-state index in [2.05, 4.69) is 0 Å². The highest BCUT2D eigenvalue weighted by molar-refractivity contribution is 5.76. The van der Waals surface area contributed by atoms with Crippen molar-refractivity contribution in [3.8, 4) is 0 Å². The lowest BCUT2D eigenvalue weighted by atomic mass is 10.0. The van der Waals surface area contributed by atoms with Crippen LogP contribution in [-0.2, 0) is 11.2 Å². The van der Waals surface area contributed by atoms with Crippen molar-refractivity contribution in [2.45, 2.75) is 38.1 Å². The first-order valence-corrected chi connectivity index (χ1v) is 7.14. The van der Waals surface area contributed by atoms with E-state index in [1.165, 1.54) is 0 Å². The van der Waals surface area contributed by atoms with Crippen LogP contribution in [-0.4, -0.2) is 29.9 Å². The molecule has 0 saturated carbocycles. The fourth-order valence-corrected chi connectivity index (χ4v) is 2.57. The van der Waals surface area contributed by atoms with Crippen LogP contribution in [0.4, 0.5) is 13.2 Å². The number of carbonyl (C=O) groups excluding carboxylic acids is 1. The summed E-state index contributed by atoms with van der Waals surface area (Å²) in [7, 11) is 0. The molecule has 1 aliphatic rings. The van der Waals surface area contributed by atoms with Crippen molar-refractivity contribution in [2.24, 2.45) is 5.73 Å². The first kappa shape index (κ1) is 15.8. The highest BCUT2D eigenvalue weighted by Gasteiger charge is 2.20. The number of carbonyl (C=O) groups is 1. The quantitative estimate of drug-likeness (QED) is 0.868. The molecule has 6 heteroatoms. The Morgan fingerprint density at radius 1 is 1.10 bits per heavy atom. The number of rotatable bonds is 4. The Kier molecular flexibility index (Phi) is 5.22. The van der Waals surface area contributed by atoms with Gasteiger partial charge in [-0.25, -0.2) is 13.2 Å². The number of hydrogen-bond acceptors (Lipinski definition) is 2. The lowest BCUT2D eigenvalue weighted by Crippen LogP contribution is -2.39. The van der Waals surface area contributed by atoms with E-state index >= 15 is 0 Å². The van der Waals surface area contributed by atoms with Crippen LogP contribution < -0.4 is 5.73 Å². The molecule has 0 spiro atoms. The maximum atomic E-state index is 13.5. The standard InChI is InChI=1S/C15H19F3N2O/c16-12-9-14(18)13(17)7-10(12)6-11(19)8-15(21)20-4-2-1-3-5-20/h7,9,11H,1-6,8,19H2/t11-/m0/s1. The van der Waals surface area contributed by atoms with Crippen LogP contribution in [0.3, 0.4) is 0 Å². The van der Waals surface area contributed by atoms with Gasteiger partial charge in [0, 0.05) is 31.6 Å². The molecular formula is C15H19F3N2O. The fraction of sp³-hybridized carbons (Fsp3) is 0.533. The van der Waals surface area contributed by atoms with Crippen molar-refractivity contribution in [2.75, 3.05) is 13.1 Å². The Bertz CT molecular complexity index is 516. The normalized spacial score (nSPS) is 16.9. The Labute approximate surface area is 121 Å². The van der Waals surface area contributed by atoms with E-state index in [0.717, 1.165) is 38.4 Å². The number of piperidine rings is 1. The fourth-order valence-electron chi connectivity index (χ4n) is 2.57. The van der Waals surface area contributed by atoms with Crippen molar-refractivity contribution in [1.82, 2.24) is 4.90 Å². The molecule has 3 nitrogen and oxygen atoms in total. The maximum Gasteiger partial charge on any atom is 0.224 e. The molecule has 0 bridgehead atoms. The van der Waals surface area contributed by atoms with Gasteiger partial charge in [0.15, 0.2) is 11.6 Å². The smallest absolute Gasteiger partial charge is 0.224 e. The number of nitrogens with zero attached hydrogens (tertiary/aromatic N) is 1. The van der Waals surface area contributed by atoms with E-state index in [-0.39, 0.29) is 24.3 Å². The van der Waals surface area contributed by atoms with E-state index < -0.39 is 23.5 Å². The molecule has 0 radical (unpaired) electrons. The second-order valence-corrected chi connectivity index (χ2v) is 5.47.